The lowest BCUT2D eigenvalue weighted by molar-refractivity contribution is 0.709. The Balaban J connectivity index is 1.67. The van der Waals surface area contributed by atoms with E-state index >= 15 is 0 Å². The van der Waals surface area contributed by atoms with E-state index in [0.717, 1.165) is 23.4 Å². The highest BCUT2D eigenvalue weighted by Crippen LogP contribution is 2.37. The van der Waals surface area contributed by atoms with E-state index in [1.165, 1.54) is 5.56 Å². The highest BCUT2D eigenvalue weighted by molar-refractivity contribution is 6.42. The van der Waals surface area contributed by atoms with E-state index in [-0.39, 0.29) is 6.04 Å². The number of hydrazone groups is 1. The number of benzene rings is 3. The van der Waals surface area contributed by atoms with Crippen molar-refractivity contribution in [3.63, 3.8) is 0 Å². The zero-order chi connectivity index (χ0) is 18.6. The second-order valence-corrected chi connectivity index (χ2v) is 7.22. The first kappa shape index (κ1) is 17.8. The topological polar surface area (TPSA) is 15.6 Å². The molecule has 0 saturated heterocycles. The lowest BCUT2D eigenvalue weighted by Crippen LogP contribution is -2.18. The first-order chi connectivity index (χ1) is 13.2. The first-order valence-electron chi connectivity index (χ1n) is 8.80. The van der Waals surface area contributed by atoms with Gasteiger partial charge in [-0.3, -0.25) is 5.01 Å². The van der Waals surface area contributed by atoms with Gasteiger partial charge >= 0.3 is 0 Å². The largest absolute Gasteiger partial charge is 0.257 e. The molecule has 0 bridgehead atoms. The fraction of sp³-hybridized carbons (Fsp3) is 0.0870. The molecule has 0 saturated carbocycles. The third-order valence-electron chi connectivity index (χ3n) is 4.55. The Labute approximate surface area is 169 Å². The summed E-state index contributed by atoms with van der Waals surface area (Å²) >= 11 is 12.3. The van der Waals surface area contributed by atoms with Crippen LogP contribution >= 0.6 is 23.2 Å². The van der Waals surface area contributed by atoms with Crippen molar-refractivity contribution < 1.29 is 0 Å². The molecular weight excluding hydrogens is 375 g/mol. The monoisotopic (exact) mass is 392 g/mol. The molecule has 134 valence electrons. The molecule has 1 heterocycles. The van der Waals surface area contributed by atoms with Gasteiger partial charge in [-0.1, -0.05) is 89.9 Å². The van der Waals surface area contributed by atoms with Gasteiger partial charge in [-0.2, -0.15) is 5.10 Å². The molecule has 3 aromatic carbocycles. The molecule has 1 aliphatic rings. The number of nitrogens with zero attached hydrogens (tertiary/aromatic N) is 2. The summed E-state index contributed by atoms with van der Waals surface area (Å²) < 4.78 is 0. The van der Waals surface area contributed by atoms with Gasteiger partial charge < -0.3 is 0 Å². The molecule has 0 amide bonds. The molecule has 0 unspecified atom stereocenters. The van der Waals surface area contributed by atoms with Gasteiger partial charge in [0.25, 0.3) is 0 Å². The van der Waals surface area contributed by atoms with E-state index in [1.807, 2.05) is 47.5 Å². The number of hydrogen-bond acceptors (Lipinski definition) is 2. The second kappa shape index (κ2) is 7.99. The van der Waals surface area contributed by atoms with Crippen LogP contribution in [-0.4, -0.2) is 5.71 Å². The summed E-state index contributed by atoms with van der Waals surface area (Å²) in [6.07, 6.45) is 5.01. The molecule has 0 radical (unpaired) electrons. The van der Waals surface area contributed by atoms with Crippen molar-refractivity contribution >= 4 is 40.7 Å². The zero-order valence-corrected chi connectivity index (χ0v) is 16.1. The van der Waals surface area contributed by atoms with Gasteiger partial charge in [0.05, 0.1) is 27.5 Å². The number of allylic oxidation sites excluding steroid dienone is 1. The number of anilines is 1. The molecule has 2 nitrogen and oxygen atoms in total. The molecule has 1 atom stereocenters. The van der Waals surface area contributed by atoms with Crippen molar-refractivity contribution in [2.75, 3.05) is 5.01 Å². The molecule has 4 rings (SSSR count). The number of rotatable bonds is 4. The van der Waals surface area contributed by atoms with E-state index in [2.05, 4.69) is 48.6 Å². The van der Waals surface area contributed by atoms with Crippen LogP contribution in [0, 0.1) is 0 Å². The van der Waals surface area contributed by atoms with Crippen LogP contribution in [0.15, 0.2) is 90.0 Å². The maximum absolute atomic E-state index is 6.24. The van der Waals surface area contributed by atoms with Crippen LogP contribution in [0.3, 0.4) is 0 Å². The smallest absolute Gasteiger partial charge is 0.0831 e. The second-order valence-electron chi connectivity index (χ2n) is 6.41. The van der Waals surface area contributed by atoms with Crippen LogP contribution in [0.5, 0.6) is 0 Å². The SMILES string of the molecule is Clc1ccc(N2N=C(/C=C\c3ccccc3)C[C@H]2c2ccccc2)cc1Cl. The average Bonchev–Trinajstić information content (AvgIpc) is 3.14. The van der Waals surface area contributed by atoms with Gasteiger partial charge in [0.15, 0.2) is 0 Å². The van der Waals surface area contributed by atoms with Gasteiger partial charge in [0.1, 0.15) is 0 Å². The summed E-state index contributed by atoms with van der Waals surface area (Å²) in [5.41, 5.74) is 4.33. The molecule has 0 aromatic heterocycles. The standard InChI is InChI=1S/C23H18Cl2N2/c24-21-14-13-20(16-22(21)25)27-23(18-9-5-2-6-10-18)15-19(26-27)12-11-17-7-3-1-4-8-17/h1-14,16,23H,15H2/b12-11-/t23-/m0/s1. The number of halogens is 2. The van der Waals surface area contributed by atoms with Crippen molar-refractivity contribution in [3.8, 4) is 0 Å². The van der Waals surface area contributed by atoms with E-state index < -0.39 is 0 Å². The predicted octanol–water partition coefficient (Wildman–Crippen LogP) is 7.01. The summed E-state index contributed by atoms with van der Waals surface area (Å²) in [5.74, 6) is 0. The fourth-order valence-electron chi connectivity index (χ4n) is 3.19. The molecule has 27 heavy (non-hydrogen) atoms. The lowest BCUT2D eigenvalue weighted by atomic mass is 10.0. The Morgan fingerprint density at radius 1 is 0.815 bits per heavy atom. The summed E-state index contributed by atoms with van der Waals surface area (Å²) in [7, 11) is 0. The van der Waals surface area contributed by atoms with E-state index in [0.29, 0.717) is 10.0 Å². The van der Waals surface area contributed by atoms with Crippen LogP contribution in [0.25, 0.3) is 6.08 Å². The van der Waals surface area contributed by atoms with Crippen LogP contribution in [0.4, 0.5) is 5.69 Å². The van der Waals surface area contributed by atoms with Gasteiger partial charge in [-0.15, -0.1) is 0 Å². The zero-order valence-electron chi connectivity index (χ0n) is 14.6. The van der Waals surface area contributed by atoms with Crippen LogP contribution in [-0.2, 0) is 0 Å². The highest BCUT2D eigenvalue weighted by atomic mass is 35.5. The minimum absolute atomic E-state index is 0.124. The lowest BCUT2D eigenvalue weighted by Gasteiger charge is -2.24. The Bertz CT molecular complexity index is 982. The van der Waals surface area contributed by atoms with E-state index in [1.54, 1.807) is 0 Å². The summed E-state index contributed by atoms with van der Waals surface area (Å²) in [4.78, 5) is 0. The molecule has 0 fully saturated rings. The minimum atomic E-state index is 0.124. The predicted molar refractivity (Wildman–Crippen MR) is 116 cm³/mol. The third-order valence-corrected chi connectivity index (χ3v) is 5.29. The summed E-state index contributed by atoms with van der Waals surface area (Å²) in [6.45, 7) is 0. The Hall–Kier alpha value is -2.55. The van der Waals surface area contributed by atoms with Gasteiger partial charge in [0.2, 0.25) is 0 Å². The third kappa shape index (κ3) is 4.08. The maximum Gasteiger partial charge on any atom is 0.0831 e. The molecule has 0 spiro atoms. The highest BCUT2D eigenvalue weighted by Gasteiger charge is 2.28. The molecular formula is C23H18Cl2N2. The summed E-state index contributed by atoms with van der Waals surface area (Å²) in [5, 5.41) is 7.97. The molecule has 3 aromatic rings. The first-order valence-corrected chi connectivity index (χ1v) is 9.56. The van der Waals surface area contributed by atoms with Crippen molar-refractivity contribution in [2.24, 2.45) is 5.10 Å². The van der Waals surface area contributed by atoms with E-state index in [9.17, 15) is 0 Å². The van der Waals surface area contributed by atoms with Crippen LogP contribution in [0.1, 0.15) is 23.6 Å². The van der Waals surface area contributed by atoms with E-state index in [4.69, 9.17) is 28.3 Å². The van der Waals surface area contributed by atoms with Crippen molar-refractivity contribution in [1.29, 1.82) is 0 Å². The maximum atomic E-state index is 6.24. The van der Waals surface area contributed by atoms with Crippen molar-refractivity contribution in [1.82, 2.24) is 0 Å². The van der Waals surface area contributed by atoms with Gasteiger partial charge in [0, 0.05) is 6.42 Å². The molecule has 1 aliphatic heterocycles. The molecule has 0 N–H and O–H groups in total. The van der Waals surface area contributed by atoms with Crippen molar-refractivity contribution in [2.45, 2.75) is 12.5 Å². The average molecular weight is 393 g/mol. The quantitative estimate of drug-likeness (QED) is 0.465. The summed E-state index contributed by atoms with van der Waals surface area (Å²) in [6, 6.07) is 26.4. The molecule has 0 aliphatic carbocycles. The van der Waals surface area contributed by atoms with Crippen molar-refractivity contribution in [3.05, 3.63) is 106 Å². The Kier molecular flexibility index (Phi) is 5.28. The Morgan fingerprint density at radius 3 is 2.22 bits per heavy atom. The van der Waals surface area contributed by atoms with Gasteiger partial charge in [-0.05, 0) is 35.4 Å². The Morgan fingerprint density at radius 2 is 1.52 bits per heavy atom. The van der Waals surface area contributed by atoms with Crippen LogP contribution in [0.2, 0.25) is 10.0 Å². The van der Waals surface area contributed by atoms with Crippen LogP contribution < -0.4 is 5.01 Å². The normalized spacial score (nSPS) is 16.7. The fourth-order valence-corrected chi connectivity index (χ4v) is 3.48. The van der Waals surface area contributed by atoms with Gasteiger partial charge in [-0.25, -0.2) is 0 Å². The minimum Gasteiger partial charge on any atom is -0.257 e. The number of hydrogen-bond donors (Lipinski definition) is 0. The molecule has 4 heteroatoms.